The Morgan fingerprint density at radius 3 is 2.50 bits per heavy atom. The van der Waals surface area contributed by atoms with Crippen molar-refractivity contribution in [2.45, 2.75) is 25.8 Å². The van der Waals surface area contributed by atoms with Crippen LogP contribution >= 0.6 is 0 Å². The predicted molar refractivity (Wildman–Crippen MR) is 79.6 cm³/mol. The Morgan fingerprint density at radius 1 is 1.25 bits per heavy atom. The van der Waals surface area contributed by atoms with Crippen LogP contribution in [0.3, 0.4) is 0 Å². The van der Waals surface area contributed by atoms with Crippen LogP contribution in [0.15, 0.2) is 47.1 Å². The number of aldehydes is 1. The van der Waals surface area contributed by atoms with Crippen molar-refractivity contribution in [1.82, 2.24) is 4.90 Å². The molecule has 2 rings (SSSR count). The fourth-order valence-electron chi connectivity index (χ4n) is 2.50. The van der Waals surface area contributed by atoms with Gasteiger partial charge in [-0.05, 0) is 32.5 Å². The summed E-state index contributed by atoms with van der Waals surface area (Å²) in [6.45, 7) is 5.39. The first-order valence-corrected chi connectivity index (χ1v) is 6.78. The zero-order valence-electron chi connectivity index (χ0n) is 12.3. The molecule has 20 heavy (non-hydrogen) atoms. The summed E-state index contributed by atoms with van der Waals surface area (Å²) in [5, 5.41) is 0. The first-order chi connectivity index (χ1) is 9.55. The maximum Gasteiger partial charge on any atom is 0.131 e. The second-order valence-electron chi connectivity index (χ2n) is 5.58. The van der Waals surface area contributed by atoms with E-state index < -0.39 is 5.41 Å². The molecule has 0 saturated heterocycles. The first kappa shape index (κ1) is 14.5. The molecule has 0 saturated carbocycles. The summed E-state index contributed by atoms with van der Waals surface area (Å²) in [7, 11) is 2.02. The van der Waals surface area contributed by atoms with Crippen LogP contribution < -0.4 is 0 Å². The largest absolute Gasteiger partial charge is 0.469 e. The molecule has 0 bridgehead atoms. The number of carbonyl (C=O) groups is 1. The zero-order chi connectivity index (χ0) is 14.6. The van der Waals surface area contributed by atoms with Gasteiger partial charge in [0, 0.05) is 18.7 Å². The normalized spacial score (nSPS) is 14.2. The van der Waals surface area contributed by atoms with E-state index in [9.17, 15) is 4.79 Å². The van der Waals surface area contributed by atoms with E-state index in [0.717, 1.165) is 29.7 Å². The molecule has 0 fully saturated rings. The summed E-state index contributed by atoms with van der Waals surface area (Å²) in [4.78, 5) is 13.7. The number of carbonyl (C=O) groups excluding carboxylic acids is 1. The number of likely N-dealkylation sites (N-methyl/N-ethyl adjacent to an activating group) is 1. The van der Waals surface area contributed by atoms with Crippen LogP contribution in [-0.2, 0) is 16.8 Å². The molecule has 1 aromatic heterocycles. The van der Waals surface area contributed by atoms with Crippen molar-refractivity contribution in [2.24, 2.45) is 0 Å². The zero-order valence-corrected chi connectivity index (χ0v) is 12.3. The monoisotopic (exact) mass is 271 g/mol. The van der Waals surface area contributed by atoms with Crippen LogP contribution in [0.1, 0.15) is 23.8 Å². The van der Waals surface area contributed by atoms with E-state index in [4.69, 9.17) is 4.42 Å². The summed E-state index contributed by atoms with van der Waals surface area (Å²) >= 11 is 0. The Morgan fingerprint density at radius 2 is 1.95 bits per heavy atom. The lowest BCUT2D eigenvalue weighted by molar-refractivity contribution is -0.112. The number of furan rings is 1. The molecular formula is C17H21NO2. The molecular weight excluding hydrogens is 250 g/mol. The predicted octanol–water partition coefficient (Wildman–Crippen LogP) is 3.18. The molecule has 0 N–H and O–H groups in total. The first-order valence-electron chi connectivity index (χ1n) is 6.78. The molecule has 0 amide bonds. The van der Waals surface area contributed by atoms with Gasteiger partial charge in [0.15, 0.2) is 0 Å². The van der Waals surface area contributed by atoms with Crippen molar-refractivity contribution in [2.75, 3.05) is 13.6 Å². The van der Waals surface area contributed by atoms with Gasteiger partial charge in [-0.25, -0.2) is 0 Å². The third kappa shape index (κ3) is 3.17. The highest BCUT2D eigenvalue weighted by atomic mass is 16.3. The summed E-state index contributed by atoms with van der Waals surface area (Å²) in [6.07, 6.45) is 2.75. The number of rotatable bonds is 6. The molecule has 0 spiro atoms. The molecule has 2 aromatic rings. The smallest absolute Gasteiger partial charge is 0.131 e. The summed E-state index contributed by atoms with van der Waals surface area (Å²) in [5.74, 6) is 0.935. The maximum atomic E-state index is 11.6. The van der Waals surface area contributed by atoms with E-state index in [-0.39, 0.29) is 0 Å². The Hall–Kier alpha value is -1.87. The van der Waals surface area contributed by atoms with Crippen LogP contribution in [0.25, 0.3) is 0 Å². The van der Waals surface area contributed by atoms with Crippen LogP contribution in [0.2, 0.25) is 0 Å². The fraction of sp³-hybridized carbons (Fsp3) is 0.353. The standard InChI is InChI=1S/C17H21NO2/c1-14-15(9-10-20-14)11-18(3)12-17(2,13-19)16-7-5-4-6-8-16/h4-10,13H,11-12H2,1-3H3. The minimum absolute atomic E-state index is 0.492. The van der Waals surface area contributed by atoms with Gasteiger partial charge < -0.3 is 14.1 Å². The quantitative estimate of drug-likeness (QED) is 0.757. The summed E-state index contributed by atoms with van der Waals surface area (Å²) < 4.78 is 5.31. The van der Waals surface area contributed by atoms with Gasteiger partial charge in [0.25, 0.3) is 0 Å². The van der Waals surface area contributed by atoms with Crippen molar-refractivity contribution in [3.05, 3.63) is 59.5 Å². The van der Waals surface area contributed by atoms with Crippen molar-refractivity contribution in [3.63, 3.8) is 0 Å². The van der Waals surface area contributed by atoms with Gasteiger partial charge in [0.05, 0.1) is 11.7 Å². The van der Waals surface area contributed by atoms with Crippen LogP contribution in [-0.4, -0.2) is 24.8 Å². The van der Waals surface area contributed by atoms with Gasteiger partial charge in [-0.1, -0.05) is 30.3 Å². The van der Waals surface area contributed by atoms with Crippen molar-refractivity contribution < 1.29 is 9.21 Å². The molecule has 106 valence electrons. The Kier molecular flexibility index (Phi) is 4.40. The average Bonchev–Trinajstić information content (AvgIpc) is 2.85. The van der Waals surface area contributed by atoms with Crippen molar-refractivity contribution in [1.29, 1.82) is 0 Å². The third-order valence-electron chi connectivity index (χ3n) is 3.70. The molecule has 0 aliphatic rings. The highest BCUT2D eigenvalue weighted by Crippen LogP contribution is 2.23. The van der Waals surface area contributed by atoms with Gasteiger partial charge in [0.2, 0.25) is 0 Å². The van der Waals surface area contributed by atoms with E-state index in [2.05, 4.69) is 4.90 Å². The molecule has 0 aliphatic heterocycles. The van der Waals surface area contributed by atoms with Gasteiger partial charge >= 0.3 is 0 Å². The summed E-state index contributed by atoms with van der Waals surface area (Å²) in [5.41, 5.74) is 1.72. The second kappa shape index (κ2) is 6.06. The lowest BCUT2D eigenvalue weighted by Gasteiger charge is -2.29. The van der Waals surface area contributed by atoms with E-state index in [1.54, 1.807) is 6.26 Å². The SMILES string of the molecule is Cc1occc1CN(C)CC(C)(C=O)c1ccccc1. The second-order valence-corrected chi connectivity index (χ2v) is 5.58. The minimum Gasteiger partial charge on any atom is -0.469 e. The number of aryl methyl sites for hydroxylation is 1. The Bertz CT molecular complexity index is 561. The van der Waals surface area contributed by atoms with E-state index in [0.29, 0.717) is 6.54 Å². The van der Waals surface area contributed by atoms with Gasteiger partial charge in [-0.2, -0.15) is 0 Å². The van der Waals surface area contributed by atoms with Crippen molar-refractivity contribution >= 4 is 6.29 Å². The highest BCUT2D eigenvalue weighted by Gasteiger charge is 2.27. The van der Waals surface area contributed by atoms with E-state index in [1.165, 1.54) is 0 Å². The van der Waals surface area contributed by atoms with Crippen LogP contribution in [0.5, 0.6) is 0 Å². The number of hydrogen-bond donors (Lipinski definition) is 0. The van der Waals surface area contributed by atoms with Gasteiger partial charge in [0.1, 0.15) is 12.0 Å². The average molecular weight is 271 g/mol. The molecule has 3 heteroatoms. The molecule has 1 heterocycles. The molecule has 0 aliphatic carbocycles. The molecule has 1 unspecified atom stereocenters. The number of hydrogen-bond acceptors (Lipinski definition) is 3. The third-order valence-corrected chi connectivity index (χ3v) is 3.70. The minimum atomic E-state index is -0.492. The summed E-state index contributed by atoms with van der Waals surface area (Å²) in [6, 6.07) is 11.9. The lowest BCUT2D eigenvalue weighted by atomic mass is 9.83. The van der Waals surface area contributed by atoms with Gasteiger partial charge in [-0.15, -0.1) is 0 Å². The highest BCUT2D eigenvalue weighted by molar-refractivity contribution is 5.68. The number of benzene rings is 1. The van der Waals surface area contributed by atoms with Crippen molar-refractivity contribution in [3.8, 4) is 0 Å². The van der Waals surface area contributed by atoms with Crippen LogP contribution in [0, 0.1) is 6.92 Å². The number of nitrogens with zero attached hydrogens (tertiary/aromatic N) is 1. The molecule has 1 atom stereocenters. The topological polar surface area (TPSA) is 33.5 Å². The Labute approximate surface area is 120 Å². The van der Waals surface area contributed by atoms with E-state index in [1.807, 2.05) is 57.3 Å². The lowest BCUT2D eigenvalue weighted by Crippen LogP contribution is -2.38. The molecule has 3 nitrogen and oxygen atoms in total. The van der Waals surface area contributed by atoms with Crippen LogP contribution in [0.4, 0.5) is 0 Å². The van der Waals surface area contributed by atoms with E-state index >= 15 is 0 Å². The fourth-order valence-corrected chi connectivity index (χ4v) is 2.50. The maximum absolute atomic E-state index is 11.6. The van der Waals surface area contributed by atoms with Gasteiger partial charge in [-0.3, -0.25) is 0 Å². The molecule has 0 radical (unpaired) electrons. The Balaban J connectivity index is 2.10. The molecule has 1 aromatic carbocycles.